The standard InChI is InChI=1S/C11H19N3O4S/c1-8-9(11(15)13-6-5-12-2)7-10(18-8)19(16,17)14(3)4/h7,12H,5-6H2,1-4H3,(H,13,15). The van der Waals surface area contributed by atoms with Crippen molar-refractivity contribution in [3.05, 3.63) is 17.4 Å². The predicted octanol–water partition coefficient (Wildman–Crippen LogP) is -0.212. The van der Waals surface area contributed by atoms with Gasteiger partial charge in [0.2, 0.25) is 5.09 Å². The van der Waals surface area contributed by atoms with Crippen LogP contribution in [0.5, 0.6) is 0 Å². The van der Waals surface area contributed by atoms with Gasteiger partial charge < -0.3 is 15.1 Å². The molecule has 108 valence electrons. The van der Waals surface area contributed by atoms with Crippen molar-refractivity contribution in [1.82, 2.24) is 14.9 Å². The number of hydrogen-bond donors (Lipinski definition) is 2. The maximum Gasteiger partial charge on any atom is 0.275 e. The highest BCUT2D eigenvalue weighted by atomic mass is 32.2. The second-order valence-corrected chi connectivity index (χ2v) is 6.26. The van der Waals surface area contributed by atoms with Crippen molar-refractivity contribution in [3.63, 3.8) is 0 Å². The van der Waals surface area contributed by atoms with E-state index in [1.807, 2.05) is 0 Å². The third-order valence-electron chi connectivity index (χ3n) is 2.54. The van der Waals surface area contributed by atoms with E-state index in [0.29, 0.717) is 13.1 Å². The predicted molar refractivity (Wildman–Crippen MR) is 70.6 cm³/mol. The van der Waals surface area contributed by atoms with Crippen molar-refractivity contribution in [2.75, 3.05) is 34.2 Å². The van der Waals surface area contributed by atoms with E-state index in [-0.39, 0.29) is 22.3 Å². The summed E-state index contributed by atoms with van der Waals surface area (Å²) in [6.07, 6.45) is 0. The molecule has 0 fully saturated rings. The monoisotopic (exact) mass is 289 g/mol. The molecule has 1 heterocycles. The Balaban J connectivity index is 2.94. The van der Waals surface area contributed by atoms with Gasteiger partial charge in [0, 0.05) is 33.3 Å². The Bertz CT molecular complexity index is 548. The Hall–Kier alpha value is -1.38. The number of carbonyl (C=O) groups excluding carboxylic acids is 1. The fraction of sp³-hybridized carbons (Fsp3) is 0.545. The zero-order valence-electron chi connectivity index (χ0n) is 11.5. The molecule has 1 aromatic heterocycles. The first-order chi connectivity index (χ1) is 8.80. The molecule has 7 nitrogen and oxygen atoms in total. The summed E-state index contributed by atoms with van der Waals surface area (Å²) in [4.78, 5) is 11.8. The maximum absolute atomic E-state index is 11.9. The summed E-state index contributed by atoms with van der Waals surface area (Å²) in [5.74, 6) is -0.0703. The Kier molecular flexibility index (Phi) is 5.10. The Labute approximate surface area is 113 Å². The minimum Gasteiger partial charge on any atom is -0.448 e. The molecule has 8 heteroatoms. The van der Waals surface area contributed by atoms with Gasteiger partial charge in [-0.15, -0.1) is 0 Å². The van der Waals surface area contributed by atoms with Crippen molar-refractivity contribution < 1.29 is 17.6 Å². The van der Waals surface area contributed by atoms with Crippen molar-refractivity contribution in [2.45, 2.75) is 12.0 Å². The normalized spacial score (nSPS) is 11.8. The molecule has 0 saturated heterocycles. The summed E-state index contributed by atoms with van der Waals surface area (Å²) in [5.41, 5.74) is 0.233. The molecule has 0 bridgehead atoms. The van der Waals surface area contributed by atoms with Crippen LogP contribution in [0, 0.1) is 6.92 Å². The van der Waals surface area contributed by atoms with Gasteiger partial charge >= 0.3 is 0 Å². The molecule has 1 aromatic rings. The highest BCUT2D eigenvalue weighted by Gasteiger charge is 2.25. The van der Waals surface area contributed by atoms with E-state index in [1.165, 1.54) is 20.2 Å². The molecule has 19 heavy (non-hydrogen) atoms. The van der Waals surface area contributed by atoms with Crippen LogP contribution in [0.3, 0.4) is 0 Å². The minimum atomic E-state index is -3.66. The number of furan rings is 1. The Morgan fingerprint density at radius 3 is 2.53 bits per heavy atom. The maximum atomic E-state index is 11.9. The number of aryl methyl sites for hydroxylation is 1. The van der Waals surface area contributed by atoms with E-state index in [4.69, 9.17) is 4.42 Å². The first-order valence-corrected chi connectivity index (χ1v) is 7.20. The number of sulfonamides is 1. The SMILES string of the molecule is CNCCNC(=O)c1cc(S(=O)(=O)N(C)C)oc1C. The van der Waals surface area contributed by atoms with Crippen LogP contribution in [-0.2, 0) is 10.0 Å². The lowest BCUT2D eigenvalue weighted by molar-refractivity contribution is 0.0952. The molecule has 0 aliphatic rings. The number of carbonyl (C=O) groups is 1. The van der Waals surface area contributed by atoms with E-state index in [1.54, 1.807) is 14.0 Å². The number of nitrogens with zero attached hydrogens (tertiary/aromatic N) is 1. The van der Waals surface area contributed by atoms with Crippen molar-refractivity contribution in [1.29, 1.82) is 0 Å². The van der Waals surface area contributed by atoms with E-state index >= 15 is 0 Å². The zero-order valence-corrected chi connectivity index (χ0v) is 12.3. The highest BCUT2D eigenvalue weighted by molar-refractivity contribution is 7.88. The Morgan fingerprint density at radius 2 is 2.00 bits per heavy atom. The summed E-state index contributed by atoms with van der Waals surface area (Å²) in [6, 6.07) is 1.25. The summed E-state index contributed by atoms with van der Waals surface area (Å²) in [7, 11) is 0.917. The lowest BCUT2D eigenvalue weighted by Gasteiger charge is -2.07. The molecule has 1 amide bonds. The first-order valence-electron chi connectivity index (χ1n) is 5.76. The Morgan fingerprint density at radius 1 is 1.37 bits per heavy atom. The number of hydrogen-bond acceptors (Lipinski definition) is 5. The van der Waals surface area contributed by atoms with Gasteiger partial charge in [-0.05, 0) is 14.0 Å². The van der Waals surface area contributed by atoms with Gasteiger partial charge in [0.1, 0.15) is 5.76 Å². The summed E-state index contributed by atoms with van der Waals surface area (Å²) in [5, 5.41) is 5.33. The van der Waals surface area contributed by atoms with Crippen LogP contribution < -0.4 is 10.6 Å². The van der Waals surface area contributed by atoms with Gasteiger partial charge in [0.05, 0.1) is 5.56 Å². The molecule has 0 aromatic carbocycles. The van der Waals surface area contributed by atoms with Crippen LogP contribution in [0.4, 0.5) is 0 Å². The van der Waals surface area contributed by atoms with E-state index < -0.39 is 10.0 Å². The molecular formula is C11H19N3O4S. The minimum absolute atomic E-state index is 0.228. The number of rotatable bonds is 6. The lowest BCUT2D eigenvalue weighted by atomic mass is 10.2. The van der Waals surface area contributed by atoms with Gasteiger partial charge in [-0.3, -0.25) is 4.79 Å². The van der Waals surface area contributed by atoms with Gasteiger partial charge in [-0.25, -0.2) is 12.7 Å². The average molecular weight is 289 g/mol. The molecule has 0 unspecified atom stereocenters. The molecule has 0 atom stereocenters. The molecule has 2 N–H and O–H groups in total. The third kappa shape index (κ3) is 3.55. The molecule has 0 radical (unpaired) electrons. The summed E-state index contributed by atoms with van der Waals surface area (Å²) < 4.78 is 29.9. The fourth-order valence-electron chi connectivity index (χ4n) is 1.38. The van der Waals surface area contributed by atoms with Crippen LogP contribution in [0.2, 0.25) is 0 Å². The van der Waals surface area contributed by atoms with E-state index in [2.05, 4.69) is 10.6 Å². The number of amides is 1. The summed E-state index contributed by atoms with van der Waals surface area (Å²) in [6.45, 7) is 2.64. The van der Waals surface area contributed by atoms with Gasteiger partial charge in [-0.1, -0.05) is 0 Å². The lowest BCUT2D eigenvalue weighted by Crippen LogP contribution is -2.30. The molecular weight excluding hydrogens is 270 g/mol. The number of likely N-dealkylation sites (N-methyl/N-ethyl adjacent to an activating group) is 1. The van der Waals surface area contributed by atoms with Crippen molar-refractivity contribution in [3.8, 4) is 0 Å². The van der Waals surface area contributed by atoms with Crippen LogP contribution >= 0.6 is 0 Å². The summed E-state index contributed by atoms with van der Waals surface area (Å²) >= 11 is 0. The van der Waals surface area contributed by atoms with Crippen LogP contribution in [0.15, 0.2) is 15.6 Å². The zero-order chi connectivity index (χ0) is 14.6. The van der Waals surface area contributed by atoms with Crippen molar-refractivity contribution in [2.24, 2.45) is 0 Å². The van der Waals surface area contributed by atoms with Crippen molar-refractivity contribution >= 4 is 15.9 Å². The second-order valence-electron chi connectivity index (χ2n) is 4.18. The molecule has 0 aliphatic carbocycles. The average Bonchev–Trinajstić information content (AvgIpc) is 2.72. The van der Waals surface area contributed by atoms with E-state index in [0.717, 1.165) is 4.31 Å². The molecule has 0 saturated carbocycles. The first kappa shape index (κ1) is 15.7. The number of nitrogens with one attached hydrogen (secondary N) is 2. The van der Waals surface area contributed by atoms with E-state index in [9.17, 15) is 13.2 Å². The van der Waals surface area contributed by atoms with Crippen LogP contribution in [0.1, 0.15) is 16.1 Å². The van der Waals surface area contributed by atoms with Gasteiger partial charge in [0.15, 0.2) is 0 Å². The topological polar surface area (TPSA) is 91.6 Å². The van der Waals surface area contributed by atoms with Gasteiger partial charge in [0.25, 0.3) is 15.9 Å². The molecule has 1 rings (SSSR count). The fourth-order valence-corrected chi connectivity index (χ4v) is 2.24. The highest BCUT2D eigenvalue weighted by Crippen LogP contribution is 2.21. The largest absolute Gasteiger partial charge is 0.448 e. The molecule has 0 spiro atoms. The third-order valence-corrected chi connectivity index (χ3v) is 4.21. The second kappa shape index (κ2) is 6.18. The quantitative estimate of drug-likeness (QED) is 0.707. The van der Waals surface area contributed by atoms with Crippen LogP contribution in [0.25, 0.3) is 0 Å². The van der Waals surface area contributed by atoms with Gasteiger partial charge in [-0.2, -0.15) is 0 Å². The smallest absolute Gasteiger partial charge is 0.275 e. The van der Waals surface area contributed by atoms with Crippen LogP contribution in [-0.4, -0.2) is 52.9 Å². The molecule has 0 aliphatic heterocycles.